The average molecular weight is 402 g/mol. The fraction of sp³-hybridized carbons (Fsp3) is 0.211. The van der Waals surface area contributed by atoms with Gasteiger partial charge >= 0.3 is 6.18 Å². The molecule has 9 heteroatoms. The summed E-state index contributed by atoms with van der Waals surface area (Å²) >= 11 is 1.25. The molecule has 1 saturated carbocycles. The van der Waals surface area contributed by atoms with Crippen molar-refractivity contribution in [1.29, 1.82) is 0 Å². The van der Waals surface area contributed by atoms with E-state index in [0.717, 1.165) is 18.9 Å². The molecule has 0 aliphatic heterocycles. The number of halogens is 3. The molecule has 2 aromatic carbocycles. The third-order valence-electron chi connectivity index (χ3n) is 4.78. The van der Waals surface area contributed by atoms with Gasteiger partial charge in [-0.1, -0.05) is 17.4 Å². The number of nitrogens with one attached hydrogen (secondary N) is 2. The second-order valence-electron chi connectivity index (χ2n) is 6.78. The van der Waals surface area contributed by atoms with Crippen LogP contribution in [0, 0.1) is 5.92 Å². The number of aromatic nitrogens is 3. The first kappa shape index (κ1) is 17.2. The Morgan fingerprint density at radius 2 is 2.04 bits per heavy atom. The number of H-pyrrole nitrogens is 1. The van der Waals surface area contributed by atoms with Gasteiger partial charge in [0, 0.05) is 16.9 Å². The van der Waals surface area contributed by atoms with Gasteiger partial charge in [-0.2, -0.15) is 18.3 Å². The van der Waals surface area contributed by atoms with E-state index in [-0.39, 0.29) is 17.4 Å². The Morgan fingerprint density at radius 3 is 2.79 bits per heavy atom. The summed E-state index contributed by atoms with van der Waals surface area (Å²) in [5.74, 6) is -0.00240. The topological polar surface area (TPSA) is 70.7 Å². The van der Waals surface area contributed by atoms with Gasteiger partial charge < -0.3 is 5.32 Å². The Hall–Kier alpha value is -2.94. The summed E-state index contributed by atoms with van der Waals surface area (Å²) in [4.78, 5) is 16.3. The molecule has 142 valence electrons. The van der Waals surface area contributed by atoms with Crippen molar-refractivity contribution in [2.24, 2.45) is 5.92 Å². The maximum Gasteiger partial charge on any atom is 0.417 e. The van der Waals surface area contributed by atoms with Gasteiger partial charge in [0.15, 0.2) is 5.13 Å². The lowest BCUT2D eigenvalue weighted by Gasteiger charge is -2.14. The molecule has 28 heavy (non-hydrogen) atoms. The minimum Gasteiger partial charge on any atom is -0.302 e. The van der Waals surface area contributed by atoms with Crippen LogP contribution in [0.3, 0.4) is 0 Å². The van der Waals surface area contributed by atoms with Crippen molar-refractivity contribution in [3.05, 3.63) is 42.1 Å². The molecule has 1 amide bonds. The number of benzene rings is 2. The number of thiazole rings is 1. The number of nitrogens with zero attached hydrogens (tertiary/aromatic N) is 2. The monoisotopic (exact) mass is 402 g/mol. The van der Waals surface area contributed by atoms with Crippen LogP contribution < -0.4 is 5.32 Å². The highest BCUT2D eigenvalue weighted by Gasteiger charge is 2.35. The van der Waals surface area contributed by atoms with Crippen LogP contribution in [0.5, 0.6) is 0 Å². The number of anilines is 1. The quantitative estimate of drug-likeness (QED) is 0.494. The highest BCUT2D eigenvalue weighted by atomic mass is 32.1. The SMILES string of the molecule is O=C(Nc1nc2ccc(-c3c(C(F)(F)F)ccc4[nH]ncc34)cc2s1)C1CC1. The maximum absolute atomic E-state index is 13.6. The number of rotatable bonds is 3. The van der Waals surface area contributed by atoms with E-state index in [0.29, 0.717) is 31.8 Å². The average Bonchev–Trinajstić information content (AvgIpc) is 3.25. The van der Waals surface area contributed by atoms with Gasteiger partial charge in [-0.15, -0.1) is 0 Å². The van der Waals surface area contributed by atoms with Crippen molar-refractivity contribution in [2.75, 3.05) is 5.32 Å². The van der Waals surface area contributed by atoms with Crippen LogP contribution in [-0.2, 0) is 11.0 Å². The van der Waals surface area contributed by atoms with Crippen LogP contribution in [0.25, 0.3) is 32.2 Å². The van der Waals surface area contributed by atoms with Crippen LogP contribution in [0.4, 0.5) is 18.3 Å². The molecule has 0 unspecified atom stereocenters. The second-order valence-corrected chi connectivity index (χ2v) is 7.81. The lowest BCUT2D eigenvalue weighted by molar-refractivity contribution is -0.137. The van der Waals surface area contributed by atoms with Gasteiger partial charge in [0.05, 0.1) is 27.5 Å². The van der Waals surface area contributed by atoms with Gasteiger partial charge in [0.1, 0.15) is 0 Å². The Labute approximate surface area is 160 Å². The fourth-order valence-electron chi connectivity index (χ4n) is 3.25. The van der Waals surface area contributed by atoms with Crippen LogP contribution in [0.15, 0.2) is 36.5 Å². The number of fused-ring (bicyclic) bond motifs is 2. The van der Waals surface area contributed by atoms with Gasteiger partial charge in [-0.25, -0.2) is 4.98 Å². The van der Waals surface area contributed by atoms with Crippen LogP contribution in [0.2, 0.25) is 0 Å². The number of hydrogen-bond donors (Lipinski definition) is 2. The van der Waals surface area contributed by atoms with Crippen molar-refractivity contribution >= 4 is 43.5 Å². The molecule has 1 fully saturated rings. The molecule has 0 atom stereocenters. The highest BCUT2D eigenvalue weighted by Crippen LogP contribution is 2.42. The smallest absolute Gasteiger partial charge is 0.302 e. The van der Waals surface area contributed by atoms with Crippen molar-refractivity contribution in [2.45, 2.75) is 19.0 Å². The molecule has 2 N–H and O–H groups in total. The van der Waals surface area contributed by atoms with E-state index < -0.39 is 11.7 Å². The molecular formula is C19H13F3N4OS. The Kier molecular flexibility index (Phi) is 3.70. The standard InChI is InChI=1S/C19H13F3N4OS/c20-19(21,22)12-4-6-13-11(8-23-26-13)16(12)10-3-5-14-15(7-10)28-18(24-14)25-17(27)9-1-2-9/h3-9H,1-2H2,(H,23,26)(H,24,25,27). The minimum atomic E-state index is -4.49. The third-order valence-corrected chi connectivity index (χ3v) is 5.72. The Morgan fingerprint density at radius 1 is 1.21 bits per heavy atom. The number of hydrogen-bond acceptors (Lipinski definition) is 4. The van der Waals surface area contributed by atoms with Crippen LogP contribution >= 0.6 is 11.3 Å². The summed E-state index contributed by atoms with van der Waals surface area (Å²) in [6, 6.07) is 7.41. The van der Waals surface area contributed by atoms with E-state index in [1.807, 2.05) is 0 Å². The molecule has 0 saturated heterocycles. The molecule has 5 rings (SSSR count). The zero-order chi connectivity index (χ0) is 19.5. The molecule has 5 nitrogen and oxygen atoms in total. The maximum atomic E-state index is 13.6. The Bertz CT molecular complexity index is 1220. The van der Waals surface area contributed by atoms with E-state index in [2.05, 4.69) is 20.5 Å². The summed E-state index contributed by atoms with van der Waals surface area (Å²) < 4.78 is 41.6. The predicted octanol–water partition coefficient (Wildman–Crippen LogP) is 5.21. The number of carbonyl (C=O) groups is 1. The number of carbonyl (C=O) groups excluding carboxylic acids is 1. The molecule has 1 aliphatic carbocycles. The van der Waals surface area contributed by atoms with Crippen molar-refractivity contribution in [1.82, 2.24) is 15.2 Å². The zero-order valence-corrected chi connectivity index (χ0v) is 15.1. The van der Waals surface area contributed by atoms with Crippen molar-refractivity contribution in [3.63, 3.8) is 0 Å². The Balaban J connectivity index is 1.63. The summed E-state index contributed by atoms with van der Waals surface area (Å²) in [6.45, 7) is 0. The van der Waals surface area contributed by atoms with E-state index in [1.54, 1.807) is 18.2 Å². The zero-order valence-electron chi connectivity index (χ0n) is 14.3. The first-order chi connectivity index (χ1) is 13.4. The van der Waals surface area contributed by atoms with Gasteiger partial charge in [0.25, 0.3) is 0 Å². The largest absolute Gasteiger partial charge is 0.417 e. The summed E-state index contributed by atoms with van der Waals surface area (Å²) in [5, 5.41) is 10.2. The first-order valence-corrected chi connectivity index (χ1v) is 9.47. The van der Waals surface area contributed by atoms with E-state index in [9.17, 15) is 18.0 Å². The number of aromatic amines is 1. The molecular weight excluding hydrogens is 389 g/mol. The number of alkyl halides is 3. The fourth-order valence-corrected chi connectivity index (χ4v) is 4.16. The van der Waals surface area contributed by atoms with Crippen molar-refractivity contribution in [3.8, 4) is 11.1 Å². The summed E-state index contributed by atoms with van der Waals surface area (Å²) in [5.41, 5.74) is 0.957. The number of amides is 1. The third kappa shape index (κ3) is 2.91. The first-order valence-electron chi connectivity index (χ1n) is 8.65. The lowest BCUT2D eigenvalue weighted by Crippen LogP contribution is -2.12. The molecule has 1 aliphatic rings. The van der Waals surface area contributed by atoms with Gasteiger partial charge in [-0.05, 0) is 42.7 Å². The second kappa shape index (κ2) is 6.03. The lowest BCUT2D eigenvalue weighted by atomic mass is 9.95. The van der Waals surface area contributed by atoms with E-state index >= 15 is 0 Å². The molecule has 2 aromatic heterocycles. The van der Waals surface area contributed by atoms with Gasteiger partial charge in [0.2, 0.25) is 5.91 Å². The van der Waals surface area contributed by atoms with E-state index in [4.69, 9.17) is 0 Å². The molecule has 0 bridgehead atoms. The highest BCUT2D eigenvalue weighted by molar-refractivity contribution is 7.22. The molecule has 4 aromatic rings. The van der Waals surface area contributed by atoms with Gasteiger partial charge in [-0.3, -0.25) is 9.89 Å². The van der Waals surface area contributed by atoms with Crippen LogP contribution in [0.1, 0.15) is 18.4 Å². The van der Waals surface area contributed by atoms with Crippen LogP contribution in [-0.4, -0.2) is 21.1 Å². The predicted molar refractivity (Wildman–Crippen MR) is 101 cm³/mol. The van der Waals surface area contributed by atoms with Crippen molar-refractivity contribution < 1.29 is 18.0 Å². The van der Waals surface area contributed by atoms with E-state index in [1.165, 1.54) is 23.6 Å². The summed E-state index contributed by atoms with van der Waals surface area (Å²) in [7, 11) is 0. The normalized spacial score (nSPS) is 14.7. The summed E-state index contributed by atoms with van der Waals surface area (Å²) in [6.07, 6.45) is -1.32. The molecule has 2 heterocycles. The molecule has 0 radical (unpaired) electrons. The molecule has 0 spiro atoms. The minimum absolute atomic E-state index is 0.0515.